The van der Waals surface area contributed by atoms with E-state index in [9.17, 15) is 4.79 Å². The summed E-state index contributed by atoms with van der Waals surface area (Å²) < 4.78 is 5.49. The molecule has 0 unspecified atom stereocenters. The van der Waals surface area contributed by atoms with Gasteiger partial charge in [0.2, 0.25) is 5.88 Å². The van der Waals surface area contributed by atoms with Crippen molar-refractivity contribution in [3.05, 3.63) is 76.3 Å². The summed E-state index contributed by atoms with van der Waals surface area (Å²) in [4.78, 5) is 12.1. The fraction of sp³-hybridized carbons (Fsp3) is 0.105. The van der Waals surface area contributed by atoms with E-state index in [0.717, 1.165) is 11.3 Å². The molecule has 0 fully saturated rings. The third-order valence-electron chi connectivity index (χ3n) is 3.52. The number of amides is 1. The molecule has 1 aromatic heterocycles. The zero-order valence-corrected chi connectivity index (χ0v) is 15.2. The van der Waals surface area contributed by atoms with Gasteiger partial charge in [0.1, 0.15) is 6.61 Å². The highest BCUT2D eigenvalue weighted by atomic mass is 35.5. The Kier molecular flexibility index (Phi) is 6.04. The van der Waals surface area contributed by atoms with Crippen molar-refractivity contribution in [1.82, 2.24) is 15.5 Å². The number of hydrogen-bond acceptors (Lipinski definition) is 4. The summed E-state index contributed by atoms with van der Waals surface area (Å²) in [5.41, 5.74) is 2.07. The van der Waals surface area contributed by atoms with Gasteiger partial charge >= 0.3 is 0 Å². The van der Waals surface area contributed by atoms with Crippen molar-refractivity contribution in [3.8, 4) is 17.1 Å². The first kappa shape index (κ1) is 18.2. The summed E-state index contributed by atoms with van der Waals surface area (Å²) in [6, 6.07) is 18.1. The zero-order valence-electron chi connectivity index (χ0n) is 13.7. The molecule has 0 spiro atoms. The number of carbonyl (C=O) groups excluding carboxylic acids is 1. The van der Waals surface area contributed by atoms with Crippen LogP contribution in [0.3, 0.4) is 0 Å². The zero-order chi connectivity index (χ0) is 18.4. The summed E-state index contributed by atoms with van der Waals surface area (Å²) in [6.07, 6.45) is 0. The van der Waals surface area contributed by atoms with Gasteiger partial charge in [0, 0.05) is 16.7 Å². The van der Waals surface area contributed by atoms with E-state index in [1.165, 1.54) is 6.07 Å². The van der Waals surface area contributed by atoms with Crippen LogP contribution < -0.4 is 10.1 Å². The van der Waals surface area contributed by atoms with Gasteiger partial charge in [0.15, 0.2) is 0 Å². The van der Waals surface area contributed by atoms with E-state index < -0.39 is 0 Å². The Morgan fingerprint density at radius 3 is 2.54 bits per heavy atom. The predicted octanol–water partition coefficient (Wildman–Crippen LogP) is 4.26. The molecule has 0 radical (unpaired) electrons. The number of halogens is 2. The molecule has 0 atom stereocenters. The molecule has 2 aromatic carbocycles. The maximum absolute atomic E-state index is 12.1. The molecule has 0 aliphatic heterocycles. The fourth-order valence-corrected chi connectivity index (χ4v) is 2.62. The summed E-state index contributed by atoms with van der Waals surface area (Å²) in [5, 5.41) is 11.7. The van der Waals surface area contributed by atoms with Crippen molar-refractivity contribution in [2.75, 3.05) is 13.2 Å². The van der Waals surface area contributed by atoms with Crippen LogP contribution in [0.25, 0.3) is 11.3 Å². The quantitative estimate of drug-likeness (QED) is 0.641. The highest BCUT2D eigenvalue weighted by Crippen LogP contribution is 2.20. The molecule has 0 bridgehead atoms. The van der Waals surface area contributed by atoms with E-state index >= 15 is 0 Å². The minimum atomic E-state index is -0.313. The number of hydrogen-bond donors (Lipinski definition) is 1. The van der Waals surface area contributed by atoms with Gasteiger partial charge in [-0.25, -0.2) is 0 Å². The summed E-state index contributed by atoms with van der Waals surface area (Å²) in [7, 11) is 0. The average Bonchev–Trinajstić information content (AvgIpc) is 2.68. The Balaban J connectivity index is 1.49. The van der Waals surface area contributed by atoms with E-state index in [-0.39, 0.29) is 12.5 Å². The molecule has 26 heavy (non-hydrogen) atoms. The molecule has 0 aliphatic carbocycles. The van der Waals surface area contributed by atoms with Crippen LogP contribution in [0.5, 0.6) is 5.88 Å². The molecule has 0 saturated heterocycles. The van der Waals surface area contributed by atoms with Gasteiger partial charge in [-0.3, -0.25) is 4.79 Å². The standard InChI is InChI=1S/C19H15Cl2N3O2/c20-14-6-7-16(21)15(12-14)19(25)22-10-11-26-18-9-8-17(23-24-18)13-4-2-1-3-5-13/h1-9,12H,10-11H2,(H,22,25). The van der Waals surface area contributed by atoms with E-state index in [1.807, 2.05) is 36.4 Å². The van der Waals surface area contributed by atoms with E-state index in [1.54, 1.807) is 18.2 Å². The maximum atomic E-state index is 12.1. The van der Waals surface area contributed by atoms with Crippen LogP contribution in [0.1, 0.15) is 10.4 Å². The minimum absolute atomic E-state index is 0.253. The highest BCUT2D eigenvalue weighted by Gasteiger charge is 2.10. The highest BCUT2D eigenvalue weighted by molar-refractivity contribution is 6.35. The third-order valence-corrected chi connectivity index (χ3v) is 4.08. The molecular weight excluding hydrogens is 373 g/mol. The van der Waals surface area contributed by atoms with Gasteiger partial charge < -0.3 is 10.1 Å². The van der Waals surface area contributed by atoms with Gasteiger partial charge in [-0.1, -0.05) is 53.5 Å². The third kappa shape index (κ3) is 4.71. The Labute approximate surface area is 160 Å². The van der Waals surface area contributed by atoms with E-state index in [0.29, 0.717) is 28.0 Å². The molecule has 7 heteroatoms. The summed E-state index contributed by atoms with van der Waals surface area (Å²) in [5.74, 6) is 0.0753. The molecule has 0 saturated carbocycles. The topological polar surface area (TPSA) is 64.1 Å². The van der Waals surface area contributed by atoms with Crippen LogP contribution in [0.2, 0.25) is 10.0 Å². The van der Waals surface area contributed by atoms with Crippen LogP contribution in [-0.2, 0) is 0 Å². The molecular formula is C19H15Cl2N3O2. The van der Waals surface area contributed by atoms with E-state index in [4.69, 9.17) is 27.9 Å². The monoisotopic (exact) mass is 387 g/mol. The lowest BCUT2D eigenvalue weighted by molar-refractivity contribution is 0.0946. The molecule has 1 amide bonds. The number of carbonyl (C=O) groups is 1. The number of benzene rings is 2. The second kappa shape index (κ2) is 8.65. The maximum Gasteiger partial charge on any atom is 0.252 e. The minimum Gasteiger partial charge on any atom is -0.475 e. The Morgan fingerprint density at radius 1 is 1.00 bits per heavy atom. The Bertz CT molecular complexity index is 887. The number of aromatic nitrogens is 2. The van der Waals surface area contributed by atoms with Crippen LogP contribution in [-0.4, -0.2) is 29.3 Å². The number of nitrogens with zero attached hydrogens (tertiary/aromatic N) is 2. The van der Waals surface area contributed by atoms with E-state index in [2.05, 4.69) is 15.5 Å². The van der Waals surface area contributed by atoms with Crippen molar-refractivity contribution < 1.29 is 9.53 Å². The molecule has 1 heterocycles. The predicted molar refractivity (Wildman–Crippen MR) is 102 cm³/mol. The molecule has 3 aromatic rings. The van der Waals surface area contributed by atoms with Gasteiger partial charge in [0.05, 0.1) is 22.8 Å². The molecule has 3 rings (SSSR count). The fourth-order valence-electron chi connectivity index (χ4n) is 2.25. The van der Waals surface area contributed by atoms with Crippen LogP contribution in [0, 0.1) is 0 Å². The SMILES string of the molecule is O=C(NCCOc1ccc(-c2ccccc2)nn1)c1cc(Cl)ccc1Cl. The number of nitrogens with one attached hydrogen (secondary N) is 1. The van der Waals surface area contributed by atoms with Gasteiger partial charge in [-0.2, -0.15) is 0 Å². The first-order valence-corrected chi connectivity index (χ1v) is 8.64. The second-order valence-corrected chi connectivity index (χ2v) is 6.20. The van der Waals surface area contributed by atoms with Crippen molar-refractivity contribution in [2.24, 2.45) is 0 Å². The average molecular weight is 388 g/mol. The van der Waals surface area contributed by atoms with Crippen LogP contribution in [0.4, 0.5) is 0 Å². The molecule has 5 nitrogen and oxygen atoms in total. The van der Waals surface area contributed by atoms with Crippen molar-refractivity contribution in [1.29, 1.82) is 0 Å². The Morgan fingerprint density at radius 2 is 1.81 bits per heavy atom. The van der Waals surface area contributed by atoms with Crippen molar-refractivity contribution in [2.45, 2.75) is 0 Å². The summed E-state index contributed by atoms with van der Waals surface area (Å²) >= 11 is 11.9. The van der Waals surface area contributed by atoms with Crippen LogP contribution >= 0.6 is 23.2 Å². The molecule has 0 aliphatic rings. The second-order valence-electron chi connectivity index (χ2n) is 5.35. The van der Waals surface area contributed by atoms with Gasteiger partial charge in [-0.15, -0.1) is 10.2 Å². The first-order valence-electron chi connectivity index (χ1n) is 7.89. The van der Waals surface area contributed by atoms with Crippen molar-refractivity contribution >= 4 is 29.1 Å². The Hall–Kier alpha value is -2.63. The normalized spacial score (nSPS) is 10.4. The van der Waals surface area contributed by atoms with Gasteiger partial charge in [0.25, 0.3) is 5.91 Å². The number of ether oxygens (including phenoxy) is 1. The summed E-state index contributed by atoms with van der Waals surface area (Å²) in [6.45, 7) is 0.549. The first-order chi connectivity index (χ1) is 12.6. The van der Waals surface area contributed by atoms with Crippen LogP contribution in [0.15, 0.2) is 60.7 Å². The number of rotatable bonds is 6. The smallest absolute Gasteiger partial charge is 0.252 e. The van der Waals surface area contributed by atoms with Gasteiger partial charge in [-0.05, 0) is 24.3 Å². The molecule has 1 N–H and O–H groups in total. The molecule has 132 valence electrons. The van der Waals surface area contributed by atoms with Crippen molar-refractivity contribution in [3.63, 3.8) is 0 Å². The largest absolute Gasteiger partial charge is 0.475 e. The lowest BCUT2D eigenvalue weighted by Crippen LogP contribution is -2.28. The lowest BCUT2D eigenvalue weighted by Gasteiger charge is -2.08. The lowest BCUT2D eigenvalue weighted by atomic mass is 10.1.